The van der Waals surface area contributed by atoms with Crippen LogP contribution in [0.2, 0.25) is 0 Å². The van der Waals surface area contributed by atoms with Gasteiger partial charge in [-0.25, -0.2) is 8.78 Å². The molecule has 1 N–H and O–H groups in total. The Morgan fingerprint density at radius 1 is 1.23 bits per heavy atom. The Morgan fingerprint density at radius 3 is 2.58 bits per heavy atom. The van der Waals surface area contributed by atoms with E-state index in [-0.39, 0.29) is 30.3 Å². The van der Waals surface area contributed by atoms with Crippen LogP contribution in [0.4, 0.5) is 8.78 Å². The molecule has 5 nitrogen and oxygen atoms in total. The zero-order chi connectivity index (χ0) is 18.9. The number of rotatable bonds is 4. The van der Waals surface area contributed by atoms with E-state index >= 15 is 0 Å². The molecule has 0 spiro atoms. The molecule has 1 aliphatic carbocycles. The first-order valence-corrected chi connectivity index (χ1v) is 8.21. The number of methoxy groups -OCH3 is 1. The Morgan fingerprint density at radius 2 is 1.92 bits per heavy atom. The molecular weight excluding hydrogens is 344 g/mol. The highest BCUT2D eigenvalue weighted by atomic mass is 19.1. The minimum absolute atomic E-state index is 0.179. The average molecular weight is 363 g/mol. The third-order valence-electron chi connectivity index (χ3n) is 4.61. The summed E-state index contributed by atoms with van der Waals surface area (Å²) in [5.41, 5.74) is -0.309. The van der Waals surface area contributed by atoms with Gasteiger partial charge in [0.1, 0.15) is 11.6 Å². The van der Waals surface area contributed by atoms with Crippen molar-refractivity contribution >= 4 is 17.4 Å². The number of carbonyl (C=O) groups is 2. The van der Waals surface area contributed by atoms with Crippen molar-refractivity contribution in [1.29, 1.82) is 0 Å². The molecular formula is C19H19F2NO4. The fraction of sp³-hybridized carbons (Fsp3) is 0.368. The second-order valence-corrected chi connectivity index (χ2v) is 6.66. The lowest BCUT2D eigenvalue weighted by atomic mass is 9.93. The van der Waals surface area contributed by atoms with Crippen molar-refractivity contribution in [2.75, 3.05) is 7.11 Å². The number of carbonyl (C=O) groups excluding carboxylic acids is 2. The van der Waals surface area contributed by atoms with Gasteiger partial charge in [0.25, 0.3) is 5.91 Å². The molecule has 1 heterocycles. The zero-order valence-electron chi connectivity index (χ0n) is 14.4. The van der Waals surface area contributed by atoms with Crippen LogP contribution in [0, 0.1) is 17.6 Å². The Kier molecular flexibility index (Phi) is 4.80. The summed E-state index contributed by atoms with van der Waals surface area (Å²) >= 11 is 0. The fourth-order valence-electron chi connectivity index (χ4n) is 3.14. The molecule has 0 saturated carbocycles. The number of nitrogens with one attached hydrogen (secondary N) is 1. The normalized spacial score (nSPS) is 27.0. The second kappa shape index (κ2) is 6.90. The van der Waals surface area contributed by atoms with Gasteiger partial charge in [0.15, 0.2) is 5.60 Å². The number of halogens is 2. The first-order valence-electron chi connectivity index (χ1n) is 8.21. The van der Waals surface area contributed by atoms with Crippen LogP contribution < -0.4 is 5.32 Å². The minimum atomic E-state index is -1.19. The Hall–Kier alpha value is -2.70. The highest BCUT2D eigenvalue weighted by Crippen LogP contribution is 2.35. The van der Waals surface area contributed by atoms with Crippen LogP contribution in [0.5, 0.6) is 0 Å². The number of hydrogen-bond acceptors (Lipinski definition) is 4. The molecule has 7 heteroatoms. The molecule has 0 fully saturated rings. The predicted octanol–water partition coefficient (Wildman–Crippen LogP) is 2.72. The molecule has 26 heavy (non-hydrogen) atoms. The Bertz CT molecular complexity index is 784. The van der Waals surface area contributed by atoms with Gasteiger partial charge in [0.2, 0.25) is 0 Å². The van der Waals surface area contributed by atoms with Crippen LogP contribution in [0.15, 0.2) is 36.6 Å². The summed E-state index contributed by atoms with van der Waals surface area (Å²) in [6.07, 6.45) is 5.40. The third kappa shape index (κ3) is 3.61. The lowest BCUT2D eigenvalue weighted by Gasteiger charge is -2.25. The van der Waals surface area contributed by atoms with Gasteiger partial charge in [-0.15, -0.1) is 0 Å². The van der Waals surface area contributed by atoms with Crippen LogP contribution in [-0.4, -0.2) is 30.6 Å². The molecule has 1 unspecified atom stereocenters. The smallest absolute Gasteiger partial charge is 0.312 e. The molecule has 0 aromatic heterocycles. The van der Waals surface area contributed by atoms with E-state index in [2.05, 4.69) is 5.32 Å². The van der Waals surface area contributed by atoms with Crippen molar-refractivity contribution in [3.63, 3.8) is 0 Å². The summed E-state index contributed by atoms with van der Waals surface area (Å²) in [5.74, 6) is -2.47. The van der Waals surface area contributed by atoms with Crippen LogP contribution >= 0.6 is 0 Å². The maximum absolute atomic E-state index is 13.4. The Balaban J connectivity index is 1.63. The third-order valence-corrected chi connectivity index (χ3v) is 4.61. The van der Waals surface area contributed by atoms with E-state index < -0.39 is 17.2 Å². The van der Waals surface area contributed by atoms with E-state index in [1.54, 1.807) is 19.1 Å². The van der Waals surface area contributed by atoms with Crippen molar-refractivity contribution in [3.05, 3.63) is 53.8 Å². The number of ether oxygens (including phenoxy) is 2. The molecule has 0 bridgehead atoms. The summed E-state index contributed by atoms with van der Waals surface area (Å²) < 4.78 is 37.0. The van der Waals surface area contributed by atoms with Gasteiger partial charge in [-0.05, 0) is 36.6 Å². The monoisotopic (exact) mass is 363 g/mol. The molecule has 0 saturated heterocycles. The summed E-state index contributed by atoms with van der Waals surface area (Å²) in [6, 6.07) is 2.88. The molecule has 138 valence electrons. The van der Waals surface area contributed by atoms with Crippen LogP contribution in [0.25, 0.3) is 5.57 Å². The van der Waals surface area contributed by atoms with E-state index in [0.29, 0.717) is 17.6 Å². The Labute approximate surface area is 149 Å². The van der Waals surface area contributed by atoms with E-state index in [4.69, 9.17) is 9.47 Å². The van der Waals surface area contributed by atoms with Crippen molar-refractivity contribution < 1.29 is 27.8 Å². The molecule has 1 aromatic carbocycles. The molecule has 0 radical (unpaired) electrons. The first-order chi connectivity index (χ1) is 12.3. The average Bonchev–Trinajstić information content (AvgIpc) is 3.21. The van der Waals surface area contributed by atoms with E-state index in [0.717, 1.165) is 6.07 Å². The largest absolute Gasteiger partial charge is 0.485 e. The summed E-state index contributed by atoms with van der Waals surface area (Å²) in [7, 11) is 1.32. The van der Waals surface area contributed by atoms with Gasteiger partial charge >= 0.3 is 5.97 Å². The second-order valence-electron chi connectivity index (χ2n) is 6.66. The lowest BCUT2D eigenvalue weighted by molar-refractivity contribution is -0.144. The zero-order valence-corrected chi connectivity index (χ0v) is 14.4. The summed E-state index contributed by atoms with van der Waals surface area (Å²) in [5, 5.41) is 2.83. The lowest BCUT2D eigenvalue weighted by Crippen LogP contribution is -2.47. The minimum Gasteiger partial charge on any atom is -0.485 e. The van der Waals surface area contributed by atoms with Gasteiger partial charge in [0, 0.05) is 18.5 Å². The first kappa shape index (κ1) is 18.1. The van der Waals surface area contributed by atoms with Gasteiger partial charge in [-0.3, -0.25) is 9.59 Å². The summed E-state index contributed by atoms with van der Waals surface area (Å²) in [6.45, 7) is 1.61. The van der Waals surface area contributed by atoms with E-state index in [1.165, 1.54) is 25.5 Å². The van der Waals surface area contributed by atoms with Gasteiger partial charge in [0.05, 0.1) is 19.3 Å². The highest BCUT2D eigenvalue weighted by Gasteiger charge is 2.41. The van der Waals surface area contributed by atoms with Crippen molar-refractivity contribution in [3.8, 4) is 0 Å². The number of benzene rings is 1. The maximum atomic E-state index is 13.4. The fourth-order valence-corrected chi connectivity index (χ4v) is 3.14. The molecule has 1 aliphatic heterocycles. The predicted molar refractivity (Wildman–Crippen MR) is 89.6 cm³/mol. The topological polar surface area (TPSA) is 64.6 Å². The maximum Gasteiger partial charge on any atom is 0.312 e. The van der Waals surface area contributed by atoms with Crippen molar-refractivity contribution in [1.82, 2.24) is 5.32 Å². The molecule has 1 amide bonds. The molecule has 1 aromatic rings. The number of hydrogen-bond donors (Lipinski definition) is 1. The molecule has 3 rings (SSSR count). The highest BCUT2D eigenvalue weighted by molar-refractivity contribution is 5.89. The number of amides is 1. The van der Waals surface area contributed by atoms with Crippen molar-refractivity contribution in [2.24, 2.45) is 5.92 Å². The summed E-state index contributed by atoms with van der Waals surface area (Å²) in [4.78, 5) is 24.2. The van der Waals surface area contributed by atoms with E-state index in [9.17, 15) is 18.4 Å². The quantitative estimate of drug-likeness (QED) is 0.660. The standard InChI is InChI=1S/C19H19F2NO4/c1-19(18(24)22-16-4-3-11(7-16)17(23)25-2)9-13(10-26-19)12-5-14(20)8-15(21)6-12/h3-6,8,10-11,16H,7,9H2,1-2H3,(H,22,24)/t11-,16+,19?/m1/s1. The van der Waals surface area contributed by atoms with Crippen LogP contribution in [0.3, 0.4) is 0 Å². The number of esters is 1. The van der Waals surface area contributed by atoms with Crippen LogP contribution in [0.1, 0.15) is 25.3 Å². The van der Waals surface area contributed by atoms with Gasteiger partial charge in [-0.2, -0.15) is 0 Å². The van der Waals surface area contributed by atoms with E-state index in [1.807, 2.05) is 0 Å². The van der Waals surface area contributed by atoms with Gasteiger partial charge in [-0.1, -0.05) is 12.2 Å². The van der Waals surface area contributed by atoms with Gasteiger partial charge < -0.3 is 14.8 Å². The van der Waals surface area contributed by atoms with Crippen molar-refractivity contribution in [2.45, 2.75) is 31.4 Å². The van der Waals surface area contributed by atoms with Crippen LogP contribution in [-0.2, 0) is 19.1 Å². The SMILES string of the molecule is COC(=O)[C@@H]1C=C[C@H](NC(=O)C2(C)CC(c3cc(F)cc(F)c3)=CO2)C1. The molecule has 2 aliphatic rings. The molecule has 3 atom stereocenters.